The summed E-state index contributed by atoms with van der Waals surface area (Å²) in [6.07, 6.45) is 0.169. The molecule has 2 aromatic rings. The molecule has 4 nitrogen and oxygen atoms in total. The van der Waals surface area contributed by atoms with E-state index in [4.69, 9.17) is 9.47 Å². The van der Waals surface area contributed by atoms with Gasteiger partial charge in [-0.05, 0) is 53.5 Å². The standard InChI is InChI=1S/C19H20BrNO3/c1-12-7-8-18(15(20)11-12)24-13(2)19(22)21-16-9-10-23-17-6-4-3-5-14(16)17/h3-8,11,13,16H,9-10H2,1-2H3,(H,21,22). The largest absolute Gasteiger partial charge is 0.493 e. The van der Waals surface area contributed by atoms with Crippen molar-refractivity contribution in [1.82, 2.24) is 5.32 Å². The second-order valence-corrected chi connectivity index (χ2v) is 6.78. The third-order valence-electron chi connectivity index (χ3n) is 4.04. The van der Waals surface area contributed by atoms with E-state index in [1.807, 2.05) is 49.4 Å². The Morgan fingerprint density at radius 2 is 2.12 bits per heavy atom. The fourth-order valence-electron chi connectivity index (χ4n) is 2.73. The van der Waals surface area contributed by atoms with Gasteiger partial charge in [0.05, 0.1) is 17.1 Å². The third kappa shape index (κ3) is 3.73. The van der Waals surface area contributed by atoms with Crippen molar-refractivity contribution in [3.63, 3.8) is 0 Å². The number of rotatable bonds is 4. The zero-order valence-electron chi connectivity index (χ0n) is 13.7. The molecule has 0 saturated carbocycles. The maximum absolute atomic E-state index is 12.5. The highest BCUT2D eigenvalue weighted by Crippen LogP contribution is 2.32. The van der Waals surface area contributed by atoms with Crippen LogP contribution in [-0.2, 0) is 4.79 Å². The number of ether oxygens (including phenoxy) is 2. The van der Waals surface area contributed by atoms with Crippen LogP contribution in [0.1, 0.15) is 30.5 Å². The summed E-state index contributed by atoms with van der Waals surface area (Å²) in [5, 5.41) is 3.07. The predicted octanol–water partition coefficient (Wildman–Crippen LogP) is 4.16. The van der Waals surface area contributed by atoms with Gasteiger partial charge < -0.3 is 14.8 Å². The second-order valence-electron chi connectivity index (χ2n) is 5.93. The molecule has 2 aromatic carbocycles. The number of para-hydroxylation sites is 1. The first-order valence-corrected chi connectivity index (χ1v) is 8.79. The van der Waals surface area contributed by atoms with Gasteiger partial charge in [0.1, 0.15) is 11.5 Å². The van der Waals surface area contributed by atoms with Crippen molar-refractivity contribution in [3.8, 4) is 11.5 Å². The summed E-state index contributed by atoms with van der Waals surface area (Å²) in [4.78, 5) is 12.5. The number of carbonyl (C=O) groups is 1. The molecular weight excluding hydrogens is 370 g/mol. The van der Waals surface area contributed by atoms with Gasteiger partial charge in [0.25, 0.3) is 5.91 Å². The monoisotopic (exact) mass is 389 g/mol. The summed E-state index contributed by atoms with van der Waals surface area (Å²) in [5.74, 6) is 1.36. The van der Waals surface area contributed by atoms with Crippen LogP contribution in [0.4, 0.5) is 0 Å². The van der Waals surface area contributed by atoms with E-state index in [2.05, 4.69) is 21.2 Å². The van der Waals surface area contributed by atoms with Gasteiger partial charge in [-0.2, -0.15) is 0 Å². The molecule has 0 spiro atoms. The Morgan fingerprint density at radius 1 is 1.33 bits per heavy atom. The average Bonchev–Trinajstić information content (AvgIpc) is 2.57. The van der Waals surface area contributed by atoms with Crippen LogP contribution in [0, 0.1) is 6.92 Å². The van der Waals surface area contributed by atoms with Crippen LogP contribution in [0.15, 0.2) is 46.9 Å². The molecule has 0 radical (unpaired) electrons. The highest BCUT2D eigenvalue weighted by atomic mass is 79.9. The van der Waals surface area contributed by atoms with Crippen molar-refractivity contribution in [3.05, 3.63) is 58.1 Å². The molecule has 0 bridgehead atoms. The lowest BCUT2D eigenvalue weighted by Crippen LogP contribution is -2.40. The van der Waals surface area contributed by atoms with Crippen LogP contribution < -0.4 is 14.8 Å². The lowest BCUT2D eigenvalue weighted by molar-refractivity contribution is -0.128. The number of hydrogen-bond donors (Lipinski definition) is 1. The number of aryl methyl sites for hydroxylation is 1. The molecule has 1 aliphatic heterocycles. The number of hydrogen-bond acceptors (Lipinski definition) is 3. The number of nitrogens with one attached hydrogen (secondary N) is 1. The molecule has 0 saturated heterocycles. The van der Waals surface area contributed by atoms with E-state index < -0.39 is 6.10 Å². The molecule has 1 amide bonds. The third-order valence-corrected chi connectivity index (χ3v) is 4.66. The molecule has 0 aromatic heterocycles. The Morgan fingerprint density at radius 3 is 2.92 bits per heavy atom. The molecule has 126 valence electrons. The summed E-state index contributed by atoms with van der Waals surface area (Å²) in [6, 6.07) is 13.6. The van der Waals surface area contributed by atoms with Crippen LogP contribution in [0.2, 0.25) is 0 Å². The van der Waals surface area contributed by atoms with E-state index in [1.54, 1.807) is 6.92 Å². The maximum Gasteiger partial charge on any atom is 0.261 e. The molecule has 24 heavy (non-hydrogen) atoms. The first kappa shape index (κ1) is 16.8. The van der Waals surface area contributed by atoms with Gasteiger partial charge in [0.2, 0.25) is 0 Å². The highest BCUT2D eigenvalue weighted by Gasteiger charge is 2.25. The van der Waals surface area contributed by atoms with Gasteiger partial charge in [0.15, 0.2) is 6.10 Å². The SMILES string of the molecule is Cc1ccc(OC(C)C(=O)NC2CCOc3ccccc32)c(Br)c1. The first-order valence-electron chi connectivity index (χ1n) is 7.99. The Kier molecular flexibility index (Phi) is 5.09. The quantitative estimate of drug-likeness (QED) is 0.853. The summed E-state index contributed by atoms with van der Waals surface area (Å²) >= 11 is 3.47. The second kappa shape index (κ2) is 7.26. The predicted molar refractivity (Wildman–Crippen MR) is 96.4 cm³/mol. The van der Waals surface area contributed by atoms with Crippen molar-refractivity contribution in [1.29, 1.82) is 0 Å². The summed E-state index contributed by atoms with van der Waals surface area (Å²) in [7, 11) is 0. The highest BCUT2D eigenvalue weighted by molar-refractivity contribution is 9.10. The van der Waals surface area contributed by atoms with Gasteiger partial charge in [-0.25, -0.2) is 0 Å². The average molecular weight is 390 g/mol. The molecule has 3 rings (SSSR count). The normalized spacial score (nSPS) is 17.4. The first-order chi connectivity index (χ1) is 11.5. The number of halogens is 1. The minimum Gasteiger partial charge on any atom is -0.493 e. The van der Waals surface area contributed by atoms with E-state index in [0.29, 0.717) is 12.4 Å². The van der Waals surface area contributed by atoms with E-state index in [-0.39, 0.29) is 11.9 Å². The smallest absolute Gasteiger partial charge is 0.261 e. The minimum atomic E-state index is -0.584. The van der Waals surface area contributed by atoms with E-state index in [0.717, 1.165) is 27.8 Å². The van der Waals surface area contributed by atoms with Gasteiger partial charge in [-0.3, -0.25) is 4.79 Å². The van der Waals surface area contributed by atoms with Crippen molar-refractivity contribution < 1.29 is 14.3 Å². The molecule has 1 heterocycles. The van der Waals surface area contributed by atoms with Crippen molar-refractivity contribution >= 4 is 21.8 Å². The van der Waals surface area contributed by atoms with Crippen LogP contribution in [0.3, 0.4) is 0 Å². The zero-order chi connectivity index (χ0) is 17.1. The Bertz CT molecular complexity index is 747. The van der Waals surface area contributed by atoms with E-state index in [9.17, 15) is 4.79 Å². The van der Waals surface area contributed by atoms with Crippen molar-refractivity contribution in [2.24, 2.45) is 0 Å². The lowest BCUT2D eigenvalue weighted by Gasteiger charge is -2.27. The topological polar surface area (TPSA) is 47.6 Å². The Hall–Kier alpha value is -2.01. The van der Waals surface area contributed by atoms with Gasteiger partial charge >= 0.3 is 0 Å². The van der Waals surface area contributed by atoms with Gasteiger partial charge in [-0.15, -0.1) is 0 Å². The number of carbonyl (C=O) groups excluding carboxylic acids is 1. The Balaban J connectivity index is 1.67. The molecular formula is C19H20BrNO3. The fraction of sp³-hybridized carbons (Fsp3) is 0.316. The van der Waals surface area contributed by atoms with Gasteiger partial charge in [0, 0.05) is 12.0 Å². The fourth-order valence-corrected chi connectivity index (χ4v) is 3.31. The van der Waals surface area contributed by atoms with Crippen LogP contribution in [-0.4, -0.2) is 18.6 Å². The molecule has 0 fully saturated rings. The van der Waals surface area contributed by atoms with Crippen LogP contribution >= 0.6 is 15.9 Å². The molecule has 5 heteroatoms. The van der Waals surface area contributed by atoms with E-state index >= 15 is 0 Å². The lowest BCUT2D eigenvalue weighted by atomic mass is 10.0. The Labute approximate surface area is 150 Å². The van der Waals surface area contributed by atoms with Crippen molar-refractivity contribution in [2.45, 2.75) is 32.4 Å². The molecule has 1 aliphatic rings. The molecule has 2 atom stereocenters. The van der Waals surface area contributed by atoms with Crippen LogP contribution in [0.5, 0.6) is 11.5 Å². The number of amides is 1. The maximum atomic E-state index is 12.5. The summed E-state index contributed by atoms with van der Waals surface area (Å²) in [5.41, 5.74) is 2.14. The molecule has 0 aliphatic carbocycles. The van der Waals surface area contributed by atoms with Crippen LogP contribution in [0.25, 0.3) is 0 Å². The van der Waals surface area contributed by atoms with Gasteiger partial charge in [-0.1, -0.05) is 24.3 Å². The number of benzene rings is 2. The van der Waals surface area contributed by atoms with Crippen molar-refractivity contribution in [2.75, 3.05) is 6.61 Å². The molecule has 1 N–H and O–H groups in total. The van der Waals surface area contributed by atoms with E-state index in [1.165, 1.54) is 0 Å². The molecule has 2 unspecified atom stereocenters. The summed E-state index contributed by atoms with van der Waals surface area (Å²) in [6.45, 7) is 4.36. The zero-order valence-corrected chi connectivity index (χ0v) is 15.3. The number of fused-ring (bicyclic) bond motifs is 1. The minimum absolute atomic E-state index is 0.0463. The summed E-state index contributed by atoms with van der Waals surface area (Å²) < 4.78 is 12.3.